The summed E-state index contributed by atoms with van der Waals surface area (Å²) in [5.74, 6) is 0.0253. The molecule has 0 aliphatic carbocycles. The summed E-state index contributed by atoms with van der Waals surface area (Å²) in [7, 11) is 1.91. The molecule has 3 nitrogen and oxygen atoms in total. The van der Waals surface area contributed by atoms with Gasteiger partial charge in [0, 0.05) is 12.1 Å². The van der Waals surface area contributed by atoms with Crippen molar-refractivity contribution < 1.29 is 4.79 Å². The van der Waals surface area contributed by atoms with Crippen LogP contribution in [0.2, 0.25) is 0 Å². The van der Waals surface area contributed by atoms with Gasteiger partial charge in [0.2, 0.25) is 0 Å². The van der Waals surface area contributed by atoms with Gasteiger partial charge in [-0.05, 0) is 51.1 Å². The lowest BCUT2D eigenvalue weighted by Gasteiger charge is -2.09. The largest absolute Gasteiger partial charge is 0.352 e. The highest BCUT2D eigenvalue weighted by atomic mass is 35.5. The molecule has 0 atom stereocenters. The maximum Gasteiger partial charge on any atom is 0.251 e. The maximum atomic E-state index is 11.8. The Bertz CT molecular complexity index is 366. The van der Waals surface area contributed by atoms with Gasteiger partial charge in [-0.1, -0.05) is 12.1 Å². The molecule has 17 heavy (non-hydrogen) atoms. The van der Waals surface area contributed by atoms with E-state index in [1.807, 2.05) is 39.1 Å². The number of nitrogens with one attached hydrogen (secondary N) is 2. The Labute approximate surface area is 109 Å². The monoisotopic (exact) mass is 256 g/mol. The van der Waals surface area contributed by atoms with E-state index in [2.05, 4.69) is 10.6 Å². The third-order valence-corrected chi connectivity index (χ3v) is 2.74. The number of halogens is 1. The first-order valence-corrected chi connectivity index (χ1v) is 5.66. The quantitative estimate of drug-likeness (QED) is 0.792. The van der Waals surface area contributed by atoms with Crippen LogP contribution in [0.4, 0.5) is 0 Å². The van der Waals surface area contributed by atoms with Gasteiger partial charge >= 0.3 is 0 Å². The van der Waals surface area contributed by atoms with Gasteiger partial charge in [0.05, 0.1) is 0 Å². The first-order valence-electron chi connectivity index (χ1n) is 5.66. The summed E-state index contributed by atoms with van der Waals surface area (Å²) in [4.78, 5) is 11.8. The molecule has 96 valence electrons. The zero-order chi connectivity index (χ0) is 12.0. The molecule has 1 rings (SSSR count). The van der Waals surface area contributed by atoms with E-state index in [4.69, 9.17) is 0 Å². The van der Waals surface area contributed by atoms with Crippen molar-refractivity contribution in [3.63, 3.8) is 0 Å². The minimum atomic E-state index is 0. The van der Waals surface area contributed by atoms with Crippen LogP contribution >= 0.6 is 12.4 Å². The van der Waals surface area contributed by atoms with E-state index in [9.17, 15) is 4.79 Å². The fourth-order valence-electron chi connectivity index (χ4n) is 1.56. The number of aryl methyl sites for hydroxylation is 1. The molecule has 2 N–H and O–H groups in total. The van der Waals surface area contributed by atoms with Crippen molar-refractivity contribution in [3.05, 3.63) is 34.9 Å². The fourth-order valence-corrected chi connectivity index (χ4v) is 1.56. The molecule has 0 spiro atoms. The molecule has 0 aliphatic rings. The van der Waals surface area contributed by atoms with Crippen LogP contribution in [0.15, 0.2) is 18.2 Å². The van der Waals surface area contributed by atoms with Crippen molar-refractivity contribution in [1.82, 2.24) is 10.6 Å². The van der Waals surface area contributed by atoms with Gasteiger partial charge in [0.15, 0.2) is 0 Å². The van der Waals surface area contributed by atoms with Crippen molar-refractivity contribution in [2.75, 3.05) is 20.1 Å². The molecule has 0 bridgehead atoms. The van der Waals surface area contributed by atoms with Crippen LogP contribution in [-0.4, -0.2) is 26.0 Å². The van der Waals surface area contributed by atoms with Crippen LogP contribution in [0, 0.1) is 13.8 Å². The number of benzene rings is 1. The number of carbonyl (C=O) groups is 1. The Balaban J connectivity index is 0.00000256. The molecular formula is C13H21ClN2O. The van der Waals surface area contributed by atoms with Crippen LogP contribution in [-0.2, 0) is 0 Å². The average molecular weight is 257 g/mol. The van der Waals surface area contributed by atoms with Gasteiger partial charge in [0.25, 0.3) is 5.91 Å². The molecule has 1 amide bonds. The van der Waals surface area contributed by atoms with Gasteiger partial charge in [-0.2, -0.15) is 0 Å². The zero-order valence-corrected chi connectivity index (χ0v) is 11.5. The van der Waals surface area contributed by atoms with Crippen molar-refractivity contribution in [1.29, 1.82) is 0 Å². The van der Waals surface area contributed by atoms with Crippen LogP contribution in [0.3, 0.4) is 0 Å². The molecule has 0 saturated carbocycles. The third kappa shape index (κ3) is 4.75. The molecule has 0 fully saturated rings. The SMILES string of the molecule is CNCCCNC(=O)c1cccc(C)c1C.Cl. The number of amides is 1. The van der Waals surface area contributed by atoms with Gasteiger partial charge in [0.1, 0.15) is 0 Å². The predicted molar refractivity (Wildman–Crippen MR) is 74.0 cm³/mol. The minimum absolute atomic E-state index is 0. The Morgan fingerprint density at radius 3 is 2.59 bits per heavy atom. The number of rotatable bonds is 5. The minimum Gasteiger partial charge on any atom is -0.352 e. The van der Waals surface area contributed by atoms with E-state index < -0.39 is 0 Å². The average Bonchev–Trinajstić information content (AvgIpc) is 2.28. The van der Waals surface area contributed by atoms with E-state index in [0.717, 1.165) is 29.7 Å². The molecule has 0 aliphatic heterocycles. The van der Waals surface area contributed by atoms with E-state index >= 15 is 0 Å². The lowest BCUT2D eigenvalue weighted by atomic mass is 10.0. The summed E-state index contributed by atoms with van der Waals surface area (Å²) in [6.45, 7) is 5.64. The van der Waals surface area contributed by atoms with E-state index in [-0.39, 0.29) is 18.3 Å². The number of carbonyl (C=O) groups excluding carboxylic acids is 1. The molecular weight excluding hydrogens is 236 g/mol. The lowest BCUT2D eigenvalue weighted by Crippen LogP contribution is -2.27. The van der Waals surface area contributed by atoms with Gasteiger partial charge in [-0.15, -0.1) is 12.4 Å². The van der Waals surface area contributed by atoms with Crippen LogP contribution in [0.25, 0.3) is 0 Å². The summed E-state index contributed by atoms with van der Waals surface area (Å²) in [6, 6.07) is 5.81. The molecule has 0 radical (unpaired) electrons. The van der Waals surface area contributed by atoms with Crippen LogP contribution in [0.1, 0.15) is 27.9 Å². The van der Waals surface area contributed by atoms with E-state index in [1.54, 1.807) is 0 Å². The third-order valence-electron chi connectivity index (χ3n) is 2.74. The second kappa shape index (κ2) is 8.09. The Hall–Kier alpha value is -1.06. The van der Waals surface area contributed by atoms with Crippen molar-refractivity contribution in [2.45, 2.75) is 20.3 Å². The second-order valence-electron chi connectivity index (χ2n) is 3.96. The van der Waals surface area contributed by atoms with Crippen LogP contribution < -0.4 is 10.6 Å². The zero-order valence-electron chi connectivity index (χ0n) is 10.7. The highest BCUT2D eigenvalue weighted by molar-refractivity contribution is 5.95. The predicted octanol–water partition coefficient (Wildman–Crippen LogP) is 2.06. The fraction of sp³-hybridized carbons (Fsp3) is 0.462. The van der Waals surface area contributed by atoms with Crippen molar-refractivity contribution >= 4 is 18.3 Å². The molecule has 0 aromatic heterocycles. The first-order chi connectivity index (χ1) is 7.66. The van der Waals surface area contributed by atoms with Crippen molar-refractivity contribution in [2.24, 2.45) is 0 Å². The molecule has 1 aromatic carbocycles. The highest BCUT2D eigenvalue weighted by Gasteiger charge is 2.08. The van der Waals surface area contributed by atoms with Gasteiger partial charge in [-0.3, -0.25) is 4.79 Å². The summed E-state index contributed by atoms with van der Waals surface area (Å²) >= 11 is 0. The highest BCUT2D eigenvalue weighted by Crippen LogP contribution is 2.12. The van der Waals surface area contributed by atoms with Gasteiger partial charge < -0.3 is 10.6 Å². The Kier molecular flexibility index (Phi) is 7.59. The van der Waals surface area contributed by atoms with Crippen molar-refractivity contribution in [3.8, 4) is 0 Å². The molecule has 0 heterocycles. The van der Waals surface area contributed by atoms with Gasteiger partial charge in [-0.25, -0.2) is 0 Å². The molecule has 0 unspecified atom stereocenters. The summed E-state index contributed by atoms with van der Waals surface area (Å²) < 4.78 is 0. The van der Waals surface area contributed by atoms with E-state index in [0.29, 0.717) is 6.54 Å². The van der Waals surface area contributed by atoms with E-state index in [1.165, 1.54) is 0 Å². The molecule has 4 heteroatoms. The summed E-state index contributed by atoms with van der Waals surface area (Å²) in [5.41, 5.74) is 3.00. The first kappa shape index (κ1) is 15.9. The van der Waals surface area contributed by atoms with Crippen LogP contribution in [0.5, 0.6) is 0 Å². The second-order valence-corrected chi connectivity index (χ2v) is 3.96. The molecule has 1 aromatic rings. The standard InChI is InChI=1S/C13H20N2O.ClH/c1-10-6-4-7-12(11(10)2)13(16)15-9-5-8-14-3;/h4,6-7,14H,5,8-9H2,1-3H3,(H,15,16);1H. The molecule has 0 saturated heterocycles. The topological polar surface area (TPSA) is 41.1 Å². The normalized spacial score (nSPS) is 9.59. The summed E-state index contributed by atoms with van der Waals surface area (Å²) in [6.07, 6.45) is 0.951. The smallest absolute Gasteiger partial charge is 0.251 e. The maximum absolute atomic E-state index is 11.8. The number of hydrogen-bond acceptors (Lipinski definition) is 2. The lowest BCUT2D eigenvalue weighted by molar-refractivity contribution is 0.0952. The summed E-state index contributed by atoms with van der Waals surface area (Å²) in [5, 5.41) is 5.97. The number of hydrogen-bond donors (Lipinski definition) is 2. The Morgan fingerprint density at radius 1 is 1.24 bits per heavy atom. The Morgan fingerprint density at radius 2 is 1.94 bits per heavy atom.